The van der Waals surface area contributed by atoms with Crippen molar-refractivity contribution in [2.45, 2.75) is 92.0 Å². The first-order chi connectivity index (χ1) is 13.3. The Balaban J connectivity index is 3.32. The third-order valence-corrected chi connectivity index (χ3v) is 6.32. The van der Waals surface area contributed by atoms with Crippen LogP contribution in [-0.2, 0) is 19.1 Å². The molecule has 29 heavy (non-hydrogen) atoms. The molecule has 0 aromatic heterocycles. The Hall–Kier alpha value is -1.63. The molecule has 0 aromatic carbocycles. The molecular formula is C22H39NO6. The number of ketones is 1. The second-order valence-corrected chi connectivity index (χ2v) is 9.31. The van der Waals surface area contributed by atoms with Crippen LogP contribution in [0.5, 0.6) is 0 Å². The zero-order chi connectivity index (χ0) is 22.5. The number of carbonyl (C=O) groups excluding carboxylic acids is 3. The lowest BCUT2D eigenvalue weighted by Gasteiger charge is -2.38. The predicted octanol–water partition coefficient (Wildman–Crippen LogP) is 3.46. The third-order valence-electron chi connectivity index (χ3n) is 6.32. The van der Waals surface area contributed by atoms with Gasteiger partial charge in [0.1, 0.15) is 17.5 Å². The molecule has 1 aliphatic heterocycles. The lowest BCUT2D eigenvalue weighted by Crippen LogP contribution is -2.50. The number of amides is 1. The van der Waals surface area contributed by atoms with Crippen LogP contribution in [0.25, 0.3) is 0 Å². The second kappa shape index (κ2) is 10.4. The van der Waals surface area contributed by atoms with Gasteiger partial charge in [0.15, 0.2) is 0 Å². The first-order valence-electron chi connectivity index (χ1n) is 10.7. The molecule has 1 fully saturated rings. The number of primary amides is 1. The summed E-state index contributed by atoms with van der Waals surface area (Å²) >= 11 is 0. The number of ether oxygens (including phenoxy) is 2. The summed E-state index contributed by atoms with van der Waals surface area (Å²) in [6, 6.07) is 0. The summed E-state index contributed by atoms with van der Waals surface area (Å²) < 4.78 is 11.1. The predicted molar refractivity (Wildman–Crippen MR) is 110 cm³/mol. The molecule has 0 aliphatic carbocycles. The normalized spacial score (nSPS) is 40.6. The zero-order valence-corrected chi connectivity index (χ0v) is 18.9. The molecule has 0 spiro atoms. The number of Topliss-reactive ketones (excluding diaryl/α,β-unsaturated/α-hetero) is 1. The maximum Gasteiger partial charge on any atom is 0.405 e. The van der Waals surface area contributed by atoms with Gasteiger partial charge in [0, 0.05) is 18.3 Å². The fraction of sp³-hybridized carbons (Fsp3) is 0.864. The number of nitrogens with two attached hydrogens (primary N) is 1. The highest BCUT2D eigenvalue weighted by Gasteiger charge is 2.44. The van der Waals surface area contributed by atoms with Gasteiger partial charge in [0.05, 0.1) is 12.0 Å². The van der Waals surface area contributed by atoms with E-state index in [0.717, 1.165) is 0 Å². The molecule has 1 rings (SSSR count). The van der Waals surface area contributed by atoms with E-state index < -0.39 is 41.7 Å². The summed E-state index contributed by atoms with van der Waals surface area (Å²) in [6.07, 6.45) is -0.632. The van der Waals surface area contributed by atoms with Gasteiger partial charge in [-0.1, -0.05) is 34.6 Å². The van der Waals surface area contributed by atoms with Crippen molar-refractivity contribution in [3.63, 3.8) is 0 Å². The van der Waals surface area contributed by atoms with Gasteiger partial charge < -0.3 is 20.3 Å². The molecule has 1 amide bonds. The van der Waals surface area contributed by atoms with Crippen LogP contribution in [0.3, 0.4) is 0 Å². The summed E-state index contributed by atoms with van der Waals surface area (Å²) in [4.78, 5) is 37.3. The van der Waals surface area contributed by atoms with E-state index in [1.54, 1.807) is 13.8 Å². The van der Waals surface area contributed by atoms with Gasteiger partial charge in [0.2, 0.25) is 0 Å². The summed E-state index contributed by atoms with van der Waals surface area (Å²) in [5.41, 5.74) is 4.05. The number of rotatable bonds is 2. The maximum absolute atomic E-state index is 13.0. The van der Waals surface area contributed by atoms with Crippen molar-refractivity contribution in [1.82, 2.24) is 0 Å². The Bertz CT molecular complexity index is 594. The minimum Gasteiger partial charge on any atom is -0.458 e. The summed E-state index contributed by atoms with van der Waals surface area (Å²) in [5.74, 6) is -1.65. The Morgan fingerprint density at radius 1 is 1.17 bits per heavy atom. The van der Waals surface area contributed by atoms with Gasteiger partial charge in [0.25, 0.3) is 0 Å². The van der Waals surface area contributed by atoms with Crippen LogP contribution in [0.15, 0.2) is 0 Å². The van der Waals surface area contributed by atoms with Crippen LogP contribution in [-0.4, -0.2) is 40.8 Å². The summed E-state index contributed by atoms with van der Waals surface area (Å²) in [7, 11) is 0. The molecule has 7 nitrogen and oxygen atoms in total. The van der Waals surface area contributed by atoms with Crippen LogP contribution in [0, 0.1) is 29.6 Å². The molecule has 7 heteroatoms. The van der Waals surface area contributed by atoms with Crippen LogP contribution >= 0.6 is 0 Å². The Morgan fingerprint density at radius 2 is 1.76 bits per heavy atom. The first kappa shape index (κ1) is 25.4. The van der Waals surface area contributed by atoms with Crippen LogP contribution in [0.2, 0.25) is 0 Å². The number of carbonyl (C=O) groups is 3. The van der Waals surface area contributed by atoms with Crippen LogP contribution in [0.1, 0.15) is 74.1 Å². The summed E-state index contributed by atoms with van der Waals surface area (Å²) in [6.45, 7) is 12.8. The fourth-order valence-corrected chi connectivity index (χ4v) is 4.77. The standard InChI is InChI=1S/C22H39NO6/c1-8-17-22(7,29-21(23)27)11-15(5)18(24)13(3)9-12(2)10-14(4)19(25)16(6)20(26)28-17/h12-17,19,25H,8-11H2,1-7H3,(H2,23,27)/t12?,13-,14?,15-,16?,17?,19?,22+/m1/s1. The lowest BCUT2D eigenvalue weighted by atomic mass is 9.78. The molecule has 1 saturated heterocycles. The largest absolute Gasteiger partial charge is 0.458 e. The highest BCUT2D eigenvalue weighted by atomic mass is 16.6. The van der Waals surface area contributed by atoms with E-state index in [1.807, 2.05) is 27.7 Å². The van der Waals surface area contributed by atoms with Gasteiger partial charge in [-0.05, 0) is 44.9 Å². The van der Waals surface area contributed by atoms with Crippen molar-refractivity contribution in [1.29, 1.82) is 0 Å². The molecular weight excluding hydrogens is 374 g/mol. The van der Waals surface area contributed by atoms with Crippen molar-refractivity contribution >= 4 is 17.8 Å². The molecule has 0 aromatic rings. The van der Waals surface area contributed by atoms with Crippen LogP contribution < -0.4 is 5.73 Å². The molecule has 0 saturated carbocycles. The quantitative estimate of drug-likeness (QED) is 0.670. The van der Waals surface area contributed by atoms with Crippen molar-refractivity contribution < 1.29 is 29.0 Å². The first-order valence-corrected chi connectivity index (χ1v) is 10.7. The van der Waals surface area contributed by atoms with Gasteiger partial charge >= 0.3 is 12.1 Å². The molecule has 5 unspecified atom stereocenters. The highest BCUT2D eigenvalue weighted by molar-refractivity contribution is 5.83. The van der Waals surface area contributed by atoms with E-state index in [9.17, 15) is 19.5 Å². The van der Waals surface area contributed by atoms with Gasteiger partial charge in [-0.15, -0.1) is 0 Å². The smallest absolute Gasteiger partial charge is 0.405 e. The summed E-state index contributed by atoms with van der Waals surface area (Å²) in [5, 5.41) is 10.7. The SMILES string of the molecule is CCC1OC(=O)C(C)C(O)C(C)CC(C)C[C@@H](C)C(=O)[C@H](C)C[C@]1(C)OC(N)=O. The van der Waals surface area contributed by atoms with E-state index >= 15 is 0 Å². The minimum absolute atomic E-state index is 0.0796. The highest BCUT2D eigenvalue weighted by Crippen LogP contribution is 2.34. The molecule has 0 bridgehead atoms. The van der Waals surface area contributed by atoms with Gasteiger partial charge in [-0.2, -0.15) is 0 Å². The number of hydrogen-bond donors (Lipinski definition) is 2. The Kier molecular flexibility index (Phi) is 9.12. The van der Waals surface area contributed by atoms with E-state index in [-0.39, 0.29) is 30.0 Å². The number of aliphatic hydroxyl groups is 1. The fourth-order valence-electron chi connectivity index (χ4n) is 4.77. The number of esters is 1. The number of aliphatic hydroxyl groups excluding tert-OH is 1. The number of hydrogen-bond acceptors (Lipinski definition) is 6. The van der Waals surface area contributed by atoms with Gasteiger partial charge in [-0.25, -0.2) is 4.79 Å². The van der Waals surface area contributed by atoms with E-state index in [2.05, 4.69) is 6.92 Å². The van der Waals surface area contributed by atoms with Crippen molar-refractivity contribution in [2.24, 2.45) is 35.3 Å². The average Bonchev–Trinajstić information content (AvgIpc) is 2.61. The Morgan fingerprint density at radius 3 is 2.28 bits per heavy atom. The van der Waals surface area contributed by atoms with E-state index in [0.29, 0.717) is 19.3 Å². The van der Waals surface area contributed by atoms with E-state index in [4.69, 9.17) is 15.2 Å². The average molecular weight is 414 g/mol. The van der Waals surface area contributed by atoms with Crippen molar-refractivity contribution in [3.8, 4) is 0 Å². The molecule has 0 radical (unpaired) electrons. The Labute approximate surface area is 174 Å². The monoisotopic (exact) mass is 413 g/mol. The molecule has 168 valence electrons. The lowest BCUT2D eigenvalue weighted by molar-refractivity contribution is -0.175. The van der Waals surface area contributed by atoms with Crippen molar-refractivity contribution in [3.05, 3.63) is 0 Å². The second-order valence-electron chi connectivity index (χ2n) is 9.31. The molecule has 1 aliphatic rings. The zero-order valence-electron chi connectivity index (χ0n) is 18.9. The molecule has 8 atom stereocenters. The number of cyclic esters (lactones) is 1. The topological polar surface area (TPSA) is 116 Å². The maximum atomic E-state index is 13.0. The molecule has 3 N–H and O–H groups in total. The van der Waals surface area contributed by atoms with Gasteiger partial charge in [-0.3, -0.25) is 9.59 Å². The van der Waals surface area contributed by atoms with Crippen LogP contribution in [0.4, 0.5) is 4.79 Å². The minimum atomic E-state index is -1.24. The molecule has 1 heterocycles. The van der Waals surface area contributed by atoms with Crippen molar-refractivity contribution in [2.75, 3.05) is 0 Å². The third kappa shape index (κ3) is 6.69. The van der Waals surface area contributed by atoms with E-state index in [1.165, 1.54) is 0 Å².